The second-order valence-corrected chi connectivity index (χ2v) is 14.8. The van der Waals surface area contributed by atoms with E-state index in [0.717, 1.165) is 45.4 Å². The molecule has 0 aliphatic carbocycles. The van der Waals surface area contributed by atoms with Crippen LogP contribution in [0.3, 0.4) is 0 Å². The number of hydrogen-bond donors (Lipinski definition) is 1. The minimum absolute atomic E-state index is 0.0583. The molecule has 2 aliphatic rings. The van der Waals surface area contributed by atoms with E-state index in [-0.39, 0.29) is 6.04 Å². The predicted octanol–water partition coefficient (Wildman–Crippen LogP) is 13.5. The maximum atomic E-state index is 5.34. The van der Waals surface area contributed by atoms with E-state index in [0.29, 0.717) is 0 Å². The Morgan fingerprint density at radius 1 is 0.448 bits per heavy atom. The van der Waals surface area contributed by atoms with Gasteiger partial charge in [-0.25, -0.2) is 4.99 Å². The molecular weight excluding hydrogens is 705 g/mol. The summed E-state index contributed by atoms with van der Waals surface area (Å²) in [4.78, 5) is 7.77. The van der Waals surface area contributed by atoms with Crippen LogP contribution in [0.4, 0.5) is 17.1 Å². The second-order valence-electron chi connectivity index (χ2n) is 14.8. The Morgan fingerprint density at radius 3 is 1.79 bits per heavy atom. The largest absolute Gasteiger partial charge is 0.359 e. The van der Waals surface area contributed by atoms with E-state index in [1.807, 2.05) is 0 Å². The van der Waals surface area contributed by atoms with Crippen molar-refractivity contribution < 1.29 is 0 Å². The van der Waals surface area contributed by atoms with Gasteiger partial charge in [-0.3, -0.25) is 0 Å². The van der Waals surface area contributed by atoms with Gasteiger partial charge >= 0.3 is 0 Å². The number of para-hydroxylation sites is 4. The molecule has 11 rings (SSSR count). The van der Waals surface area contributed by atoms with Crippen LogP contribution in [-0.2, 0) is 0 Å². The first-order valence-corrected chi connectivity index (χ1v) is 19.8. The topological polar surface area (TPSA) is 32.6 Å². The van der Waals surface area contributed by atoms with Crippen LogP contribution in [0.1, 0.15) is 22.7 Å². The van der Waals surface area contributed by atoms with Crippen molar-refractivity contribution in [2.24, 2.45) is 4.99 Å². The van der Waals surface area contributed by atoms with Gasteiger partial charge in [0.2, 0.25) is 0 Å². The van der Waals surface area contributed by atoms with Gasteiger partial charge in [-0.1, -0.05) is 170 Å². The molecule has 58 heavy (non-hydrogen) atoms. The van der Waals surface area contributed by atoms with Crippen molar-refractivity contribution >= 4 is 39.5 Å². The van der Waals surface area contributed by atoms with Crippen LogP contribution in [-0.4, -0.2) is 10.4 Å². The number of anilines is 3. The predicted molar refractivity (Wildman–Crippen MR) is 241 cm³/mol. The van der Waals surface area contributed by atoms with Gasteiger partial charge in [0.25, 0.3) is 0 Å². The summed E-state index contributed by atoms with van der Waals surface area (Å²) in [7, 11) is 0. The highest BCUT2D eigenvalue weighted by Gasteiger charge is 2.31. The maximum absolute atomic E-state index is 5.34. The molecule has 0 radical (unpaired) electrons. The molecule has 9 aromatic rings. The van der Waals surface area contributed by atoms with Gasteiger partial charge in [0.1, 0.15) is 5.84 Å². The molecule has 1 aromatic heterocycles. The molecule has 4 heteroatoms. The van der Waals surface area contributed by atoms with Gasteiger partial charge in [-0.05, 0) is 65.2 Å². The Labute approximate surface area is 338 Å². The van der Waals surface area contributed by atoms with Crippen LogP contribution in [0.25, 0.3) is 55.8 Å². The molecule has 2 aliphatic heterocycles. The third kappa shape index (κ3) is 5.74. The zero-order valence-corrected chi connectivity index (χ0v) is 31.7. The smallest absolute Gasteiger partial charge is 0.134 e. The summed E-state index contributed by atoms with van der Waals surface area (Å²) in [5, 5.41) is 4.99. The Hall–Kier alpha value is -7.69. The SMILES string of the molecule is C1=C(c2cccc(N3c4ccccc4-c4c(n(-c5ccccc5)c5ccccc45)-c4ccccc43)c2)N=C(c2ccc(-c3ccccc3)cc2)NC1c1ccccc1. The Balaban J connectivity index is 1.07. The third-order valence-electron chi connectivity index (χ3n) is 11.4. The highest BCUT2D eigenvalue weighted by atomic mass is 15.2. The van der Waals surface area contributed by atoms with Crippen LogP contribution in [0.15, 0.2) is 223 Å². The molecule has 0 bridgehead atoms. The molecule has 0 amide bonds. The molecule has 0 spiro atoms. The van der Waals surface area contributed by atoms with Crippen molar-refractivity contribution in [3.8, 4) is 39.2 Å². The van der Waals surface area contributed by atoms with Crippen molar-refractivity contribution in [1.82, 2.24) is 9.88 Å². The Morgan fingerprint density at radius 2 is 1.02 bits per heavy atom. The molecule has 4 nitrogen and oxygen atoms in total. The van der Waals surface area contributed by atoms with Crippen molar-refractivity contribution in [3.05, 3.63) is 235 Å². The zero-order valence-electron chi connectivity index (χ0n) is 31.7. The average Bonchev–Trinajstić information content (AvgIpc) is 3.59. The summed E-state index contributed by atoms with van der Waals surface area (Å²) < 4.78 is 2.44. The van der Waals surface area contributed by atoms with Gasteiger partial charge in [0.15, 0.2) is 0 Å². The van der Waals surface area contributed by atoms with E-state index in [9.17, 15) is 0 Å². The summed E-state index contributed by atoms with van der Waals surface area (Å²) in [6.45, 7) is 0. The number of aliphatic imine (C=N–C) groups is 1. The van der Waals surface area contributed by atoms with E-state index in [2.05, 4.69) is 233 Å². The second kappa shape index (κ2) is 14.1. The number of rotatable bonds is 6. The van der Waals surface area contributed by atoms with E-state index in [1.54, 1.807) is 0 Å². The fraction of sp³-hybridized carbons (Fsp3) is 0.0185. The highest BCUT2D eigenvalue weighted by molar-refractivity contribution is 6.13. The van der Waals surface area contributed by atoms with Gasteiger partial charge in [0.05, 0.1) is 34.3 Å². The molecule has 1 N–H and O–H groups in total. The van der Waals surface area contributed by atoms with Crippen LogP contribution < -0.4 is 10.2 Å². The summed E-state index contributed by atoms with van der Waals surface area (Å²) in [5.74, 6) is 0.849. The van der Waals surface area contributed by atoms with E-state index < -0.39 is 0 Å². The Kier molecular flexibility index (Phi) is 8.18. The lowest BCUT2D eigenvalue weighted by Gasteiger charge is -2.28. The number of fused-ring (bicyclic) bond motifs is 7. The first-order chi connectivity index (χ1) is 28.8. The summed E-state index contributed by atoms with van der Waals surface area (Å²) in [5.41, 5.74) is 17.0. The summed E-state index contributed by atoms with van der Waals surface area (Å²) >= 11 is 0. The number of amidine groups is 1. The van der Waals surface area contributed by atoms with Gasteiger partial charge in [-0.15, -0.1) is 0 Å². The minimum atomic E-state index is -0.0583. The molecular formula is C54H38N4. The number of nitrogens with one attached hydrogen (secondary N) is 1. The molecule has 8 aromatic carbocycles. The fourth-order valence-corrected chi connectivity index (χ4v) is 8.71. The van der Waals surface area contributed by atoms with Crippen molar-refractivity contribution in [1.29, 1.82) is 0 Å². The average molecular weight is 743 g/mol. The molecule has 1 atom stereocenters. The molecule has 1 unspecified atom stereocenters. The monoisotopic (exact) mass is 742 g/mol. The van der Waals surface area contributed by atoms with Crippen LogP contribution in [0.5, 0.6) is 0 Å². The van der Waals surface area contributed by atoms with E-state index >= 15 is 0 Å². The van der Waals surface area contributed by atoms with Gasteiger partial charge < -0.3 is 14.8 Å². The standard InChI is InChI=1S/C54H38N4/c1-4-17-37(18-5-1)38-31-33-40(34-32-38)54-55-47(39-19-6-2-7-20-39)36-48(56-54)41-21-16-24-43(35-41)57-49-28-13-10-25-44(49)52-45-26-11-14-29-50(45)58(42-22-8-3-9-23-42)53(52)46-27-12-15-30-51(46)57/h1-36,47H,(H,55,56). The van der Waals surface area contributed by atoms with Crippen molar-refractivity contribution in [2.45, 2.75) is 6.04 Å². The number of nitrogens with zero attached hydrogens (tertiary/aromatic N) is 3. The number of aromatic nitrogens is 1. The molecule has 274 valence electrons. The van der Waals surface area contributed by atoms with Crippen molar-refractivity contribution in [2.75, 3.05) is 4.90 Å². The maximum Gasteiger partial charge on any atom is 0.134 e. The summed E-state index contributed by atoms with van der Waals surface area (Å²) in [6, 6.07) is 75.9. The third-order valence-corrected chi connectivity index (χ3v) is 11.4. The molecule has 3 heterocycles. The molecule has 0 fully saturated rings. The van der Waals surface area contributed by atoms with Crippen LogP contribution in [0.2, 0.25) is 0 Å². The van der Waals surface area contributed by atoms with Crippen LogP contribution in [0, 0.1) is 0 Å². The first-order valence-electron chi connectivity index (χ1n) is 19.8. The minimum Gasteiger partial charge on any atom is -0.359 e. The van der Waals surface area contributed by atoms with Gasteiger partial charge in [0, 0.05) is 44.6 Å². The Bertz CT molecular complexity index is 3020. The first kappa shape index (κ1) is 33.6. The van der Waals surface area contributed by atoms with Crippen molar-refractivity contribution in [3.63, 3.8) is 0 Å². The van der Waals surface area contributed by atoms with Crippen LogP contribution >= 0.6 is 0 Å². The lowest BCUT2D eigenvalue weighted by atomic mass is 9.98. The fourth-order valence-electron chi connectivity index (χ4n) is 8.71. The lowest BCUT2D eigenvalue weighted by molar-refractivity contribution is 0.781. The van der Waals surface area contributed by atoms with E-state index in [1.165, 1.54) is 50.0 Å². The highest BCUT2D eigenvalue weighted by Crippen LogP contribution is 2.54. The quantitative estimate of drug-likeness (QED) is 0.184. The molecule has 0 saturated carbocycles. The van der Waals surface area contributed by atoms with E-state index in [4.69, 9.17) is 4.99 Å². The summed E-state index contributed by atoms with van der Waals surface area (Å²) in [6.07, 6.45) is 2.26. The molecule has 0 saturated heterocycles. The number of hydrogen-bond acceptors (Lipinski definition) is 3. The van der Waals surface area contributed by atoms with Gasteiger partial charge in [-0.2, -0.15) is 0 Å². The normalized spacial score (nSPS) is 14.3. The lowest BCUT2D eigenvalue weighted by Crippen LogP contribution is -2.31. The zero-order chi connectivity index (χ0) is 38.4. The number of benzene rings is 8.